The molecule has 0 fully saturated rings. The zero-order valence-corrected chi connectivity index (χ0v) is 43.5. The normalized spacial score (nSPS) is 14.9. The van der Waals surface area contributed by atoms with Crippen LogP contribution in [0.2, 0.25) is 0 Å². The molecule has 1 atom stereocenters. The van der Waals surface area contributed by atoms with Gasteiger partial charge in [0.25, 0.3) is 0 Å². The maximum atomic E-state index is 2.54. The van der Waals surface area contributed by atoms with E-state index in [9.17, 15) is 0 Å². The van der Waals surface area contributed by atoms with Crippen LogP contribution in [0, 0.1) is 0 Å². The van der Waals surface area contributed by atoms with Crippen LogP contribution in [0.4, 0.5) is 17.1 Å². The number of hydrogen-bond donors (Lipinski definition) is 0. The van der Waals surface area contributed by atoms with Crippen LogP contribution < -0.4 is 4.90 Å². The van der Waals surface area contributed by atoms with Crippen LogP contribution in [0.3, 0.4) is 0 Å². The smallest absolute Gasteiger partial charge is 0.0726 e. The molecule has 13 aromatic rings. The Bertz CT molecular complexity index is 4580. The molecule has 78 heavy (non-hydrogen) atoms. The highest BCUT2D eigenvalue weighted by atomic mass is 15.1. The Hall–Kier alpha value is -9.76. The summed E-state index contributed by atoms with van der Waals surface area (Å²) in [6.07, 6.45) is 0. The van der Waals surface area contributed by atoms with E-state index in [0.717, 1.165) is 22.7 Å². The SMILES string of the molecule is CC1(C)c2ccccc2-c2ccc(N(c3ccc(-c4ccc5c(c4)c4ccccc4n5-c4ccccc4)cc3)c3cccc4c3-c3ccccc3C43c4ccccc4-c4cc(-c5ccccc5-c5ccccc5)ccc43)cc21. The van der Waals surface area contributed by atoms with Gasteiger partial charge in [0, 0.05) is 38.8 Å². The fraction of sp³-hybridized carbons (Fsp3) is 0.0526. The first-order chi connectivity index (χ1) is 38.5. The molecular formula is C76H52N2. The Morgan fingerprint density at radius 1 is 0.295 bits per heavy atom. The highest BCUT2D eigenvalue weighted by Crippen LogP contribution is 2.65. The number of nitrogens with zero attached hydrogens (tertiary/aromatic N) is 2. The van der Waals surface area contributed by atoms with Crippen LogP contribution in [0.5, 0.6) is 0 Å². The van der Waals surface area contributed by atoms with Crippen molar-refractivity contribution in [1.29, 1.82) is 0 Å². The molecule has 0 saturated carbocycles. The van der Waals surface area contributed by atoms with Crippen molar-refractivity contribution in [3.63, 3.8) is 0 Å². The predicted octanol–water partition coefficient (Wildman–Crippen LogP) is 19.9. The fourth-order valence-electron chi connectivity index (χ4n) is 14.2. The van der Waals surface area contributed by atoms with Gasteiger partial charge >= 0.3 is 0 Å². The number of fused-ring (bicyclic) bond motifs is 16. The Labute approximate surface area is 455 Å². The van der Waals surface area contributed by atoms with Crippen molar-refractivity contribution >= 4 is 38.9 Å². The Morgan fingerprint density at radius 3 is 1.60 bits per heavy atom. The van der Waals surface area contributed by atoms with Gasteiger partial charge in [0.2, 0.25) is 0 Å². The average Bonchev–Trinajstić information content (AvgIpc) is 4.33. The van der Waals surface area contributed by atoms with Crippen LogP contribution in [-0.4, -0.2) is 4.57 Å². The Morgan fingerprint density at radius 2 is 0.833 bits per heavy atom. The molecule has 1 unspecified atom stereocenters. The lowest BCUT2D eigenvalue weighted by Crippen LogP contribution is -2.26. The highest BCUT2D eigenvalue weighted by molar-refractivity contribution is 6.11. The van der Waals surface area contributed by atoms with E-state index >= 15 is 0 Å². The van der Waals surface area contributed by atoms with E-state index in [2.05, 4.69) is 302 Å². The summed E-state index contributed by atoms with van der Waals surface area (Å²) in [5.74, 6) is 0. The maximum absolute atomic E-state index is 2.54. The summed E-state index contributed by atoms with van der Waals surface area (Å²) >= 11 is 0. The largest absolute Gasteiger partial charge is 0.310 e. The summed E-state index contributed by atoms with van der Waals surface area (Å²) < 4.78 is 2.39. The van der Waals surface area contributed by atoms with Crippen LogP contribution in [-0.2, 0) is 10.8 Å². The molecule has 3 aliphatic rings. The van der Waals surface area contributed by atoms with Crippen LogP contribution >= 0.6 is 0 Å². The quantitative estimate of drug-likeness (QED) is 0.154. The lowest BCUT2D eigenvalue weighted by Gasteiger charge is -2.32. The summed E-state index contributed by atoms with van der Waals surface area (Å²) in [7, 11) is 0. The minimum absolute atomic E-state index is 0.174. The molecule has 12 aromatic carbocycles. The highest BCUT2D eigenvalue weighted by Gasteiger charge is 2.52. The van der Waals surface area contributed by atoms with Crippen molar-refractivity contribution in [2.24, 2.45) is 0 Å². The van der Waals surface area contributed by atoms with Gasteiger partial charge in [-0.15, -0.1) is 0 Å². The second-order valence-electron chi connectivity index (χ2n) is 21.9. The first-order valence-corrected chi connectivity index (χ1v) is 27.3. The maximum Gasteiger partial charge on any atom is 0.0726 e. The second-order valence-corrected chi connectivity index (χ2v) is 21.9. The monoisotopic (exact) mass is 992 g/mol. The number of para-hydroxylation sites is 2. The molecular weight excluding hydrogens is 941 g/mol. The lowest BCUT2D eigenvalue weighted by atomic mass is 9.70. The van der Waals surface area contributed by atoms with E-state index in [4.69, 9.17) is 0 Å². The van der Waals surface area contributed by atoms with E-state index in [1.165, 1.54) is 122 Å². The minimum atomic E-state index is -0.537. The third-order valence-corrected chi connectivity index (χ3v) is 17.6. The molecule has 0 aliphatic heterocycles. The molecule has 2 nitrogen and oxygen atoms in total. The predicted molar refractivity (Wildman–Crippen MR) is 326 cm³/mol. The van der Waals surface area contributed by atoms with Crippen molar-refractivity contribution in [3.8, 4) is 72.4 Å². The summed E-state index contributed by atoms with van der Waals surface area (Å²) in [5.41, 5.74) is 29.3. The number of rotatable bonds is 7. The Balaban J connectivity index is 0.886. The third-order valence-electron chi connectivity index (χ3n) is 17.6. The number of aromatic nitrogens is 1. The molecule has 0 bridgehead atoms. The van der Waals surface area contributed by atoms with Gasteiger partial charge in [-0.25, -0.2) is 0 Å². The van der Waals surface area contributed by atoms with Gasteiger partial charge in [-0.1, -0.05) is 226 Å². The molecule has 0 N–H and O–H groups in total. The average molecular weight is 993 g/mol. The first kappa shape index (κ1) is 44.5. The standard InChI is InChI=1S/C76H52N2/c1-75(2)65-30-15-11-26-58(65)60-43-42-55(48-70(60)75)77(54-40-36-49(37-41-54)51-39-45-72-64(46-51)61-28-14-18-34-71(61)78(72)53-22-7-4-8-23-53)73-35-19-33-69-74(73)62-29-13-17-32-67(62)76(69)66-31-16-12-27-59(66)63-47-52(38-44-68(63)76)57-25-10-9-24-56(57)50-20-5-3-6-21-50/h3-48H,1-2H3. The van der Waals surface area contributed by atoms with Gasteiger partial charge in [-0.2, -0.15) is 0 Å². The van der Waals surface area contributed by atoms with Gasteiger partial charge < -0.3 is 9.47 Å². The third kappa shape index (κ3) is 6.26. The molecule has 0 radical (unpaired) electrons. The number of hydrogen-bond acceptors (Lipinski definition) is 1. The van der Waals surface area contributed by atoms with E-state index in [1.54, 1.807) is 0 Å². The van der Waals surface area contributed by atoms with Gasteiger partial charge in [0.15, 0.2) is 0 Å². The fourth-order valence-corrected chi connectivity index (χ4v) is 14.2. The topological polar surface area (TPSA) is 8.17 Å². The lowest BCUT2D eigenvalue weighted by molar-refractivity contribution is 0.660. The summed E-state index contributed by atoms with van der Waals surface area (Å²) in [6, 6.07) is 104. The molecule has 2 heteroatoms. The molecule has 1 spiro atoms. The van der Waals surface area contributed by atoms with Crippen molar-refractivity contribution in [2.45, 2.75) is 24.7 Å². The van der Waals surface area contributed by atoms with Gasteiger partial charge in [0.05, 0.1) is 22.1 Å². The van der Waals surface area contributed by atoms with Crippen LogP contribution in [0.25, 0.3) is 94.3 Å². The zero-order chi connectivity index (χ0) is 51.7. The van der Waals surface area contributed by atoms with Crippen LogP contribution in [0.15, 0.2) is 279 Å². The summed E-state index contributed by atoms with van der Waals surface area (Å²) in [6.45, 7) is 4.77. The van der Waals surface area contributed by atoms with Gasteiger partial charge in [-0.3, -0.25) is 0 Å². The first-order valence-electron chi connectivity index (χ1n) is 27.3. The molecule has 0 amide bonds. The molecule has 3 aliphatic carbocycles. The zero-order valence-electron chi connectivity index (χ0n) is 43.5. The molecule has 1 heterocycles. The number of anilines is 3. The van der Waals surface area contributed by atoms with E-state index in [0.29, 0.717) is 0 Å². The molecule has 1 aromatic heterocycles. The molecule has 366 valence electrons. The van der Waals surface area contributed by atoms with Gasteiger partial charge in [0.1, 0.15) is 0 Å². The summed E-state index contributed by atoms with van der Waals surface area (Å²) in [4.78, 5) is 2.54. The molecule has 0 saturated heterocycles. The van der Waals surface area contributed by atoms with E-state index < -0.39 is 5.41 Å². The molecule has 16 rings (SSSR count). The van der Waals surface area contributed by atoms with Crippen LogP contribution in [0.1, 0.15) is 47.2 Å². The van der Waals surface area contributed by atoms with E-state index in [1.807, 2.05) is 0 Å². The minimum Gasteiger partial charge on any atom is -0.310 e. The van der Waals surface area contributed by atoms with Crippen molar-refractivity contribution < 1.29 is 0 Å². The van der Waals surface area contributed by atoms with Crippen molar-refractivity contribution in [1.82, 2.24) is 4.57 Å². The second kappa shape index (κ2) is 16.9. The summed E-state index contributed by atoms with van der Waals surface area (Å²) in [5, 5.41) is 2.50. The number of benzene rings is 12. The van der Waals surface area contributed by atoms with Crippen molar-refractivity contribution in [2.75, 3.05) is 4.90 Å². The van der Waals surface area contributed by atoms with E-state index in [-0.39, 0.29) is 5.41 Å². The van der Waals surface area contributed by atoms with Crippen molar-refractivity contribution in [3.05, 3.63) is 312 Å². The Kier molecular flexibility index (Phi) is 9.63. The van der Waals surface area contributed by atoms with Gasteiger partial charge in [-0.05, 0) is 161 Å².